The molecule has 8 nitrogen and oxygen atoms in total. The van der Waals surface area contributed by atoms with Gasteiger partial charge in [-0.1, -0.05) is 31.2 Å². The van der Waals surface area contributed by atoms with Crippen LogP contribution >= 0.6 is 11.6 Å². The highest BCUT2D eigenvalue weighted by molar-refractivity contribution is 6.31. The molecule has 0 aliphatic heterocycles. The van der Waals surface area contributed by atoms with E-state index >= 15 is 0 Å². The van der Waals surface area contributed by atoms with E-state index in [2.05, 4.69) is 15.3 Å². The van der Waals surface area contributed by atoms with Crippen LogP contribution in [0.5, 0.6) is 0 Å². The van der Waals surface area contributed by atoms with E-state index in [0.717, 1.165) is 5.39 Å². The number of hydrogen-bond donors (Lipinski definition) is 1. The zero-order valence-corrected chi connectivity index (χ0v) is 21.6. The first-order valence-corrected chi connectivity index (χ1v) is 12.2. The Morgan fingerprint density at radius 1 is 1.15 bits per heavy atom. The van der Waals surface area contributed by atoms with Gasteiger partial charge in [0.2, 0.25) is 5.91 Å². The predicted octanol–water partition coefficient (Wildman–Crippen LogP) is 5.79. The fourth-order valence-electron chi connectivity index (χ4n) is 3.98. The van der Waals surface area contributed by atoms with Crippen LogP contribution in [0.3, 0.4) is 0 Å². The number of rotatable bonds is 9. The minimum absolute atomic E-state index is 0. The maximum absolute atomic E-state index is 13.7. The average Bonchev–Trinajstić information content (AvgIpc) is 3.31. The van der Waals surface area contributed by atoms with Crippen molar-refractivity contribution < 1.29 is 23.1 Å². The molecule has 0 fully saturated rings. The van der Waals surface area contributed by atoms with Crippen molar-refractivity contribution in [1.29, 1.82) is 0 Å². The number of nitrogens with zero attached hydrogens (tertiary/aromatic N) is 4. The van der Waals surface area contributed by atoms with Crippen molar-refractivity contribution in [3.05, 3.63) is 89.1 Å². The smallest absolute Gasteiger partial charge is 0.412 e. The van der Waals surface area contributed by atoms with Gasteiger partial charge < -0.3 is 14.2 Å². The summed E-state index contributed by atoms with van der Waals surface area (Å²) >= 11 is 6.02. The molecule has 2 heterocycles. The number of imidazole rings is 1. The Morgan fingerprint density at radius 2 is 1.95 bits per heavy atom. The Bertz CT molecular complexity index is 1460. The Morgan fingerprint density at radius 3 is 2.69 bits per heavy atom. The van der Waals surface area contributed by atoms with Gasteiger partial charge in [0.25, 0.3) is 0 Å². The highest BCUT2D eigenvalue weighted by Gasteiger charge is 2.23. The predicted molar refractivity (Wildman–Crippen MR) is 147 cm³/mol. The van der Waals surface area contributed by atoms with Crippen LogP contribution in [0.1, 0.15) is 25.1 Å². The van der Waals surface area contributed by atoms with Crippen LogP contribution in [0.15, 0.2) is 61.2 Å². The van der Waals surface area contributed by atoms with Crippen LogP contribution in [0.2, 0.25) is 5.02 Å². The molecule has 0 radical (unpaired) electrons. The van der Waals surface area contributed by atoms with E-state index in [-0.39, 0.29) is 43.6 Å². The fraction of sp³-hybridized carbons (Fsp3) is 0.286. The number of fused-ring (bicyclic) bond motifs is 1. The number of aryl methyl sites for hydroxylation is 2. The molecule has 0 spiro atoms. The summed E-state index contributed by atoms with van der Waals surface area (Å²) in [6.45, 7) is -0.117. The lowest BCUT2D eigenvalue weighted by Gasteiger charge is -2.27. The Labute approximate surface area is 230 Å². The van der Waals surface area contributed by atoms with Crippen molar-refractivity contribution in [2.75, 3.05) is 19.0 Å². The maximum Gasteiger partial charge on any atom is 0.412 e. The quantitative estimate of drug-likeness (QED) is 0.281. The number of nitrogens with one attached hydrogen (secondary N) is 1. The summed E-state index contributed by atoms with van der Waals surface area (Å²) in [5, 5.41) is 3.83. The first-order chi connectivity index (χ1) is 18.2. The Kier molecular flexibility index (Phi) is 9.95. The molecule has 0 bridgehead atoms. The molecule has 2 amide bonds. The molecule has 0 saturated carbocycles. The van der Waals surface area contributed by atoms with E-state index in [0.29, 0.717) is 23.1 Å². The summed E-state index contributed by atoms with van der Waals surface area (Å²) in [6, 6.07) is 9.76. The third-order valence-electron chi connectivity index (χ3n) is 6.10. The number of carbonyl (C=O) groups excluding carboxylic acids is 2. The highest BCUT2D eigenvalue weighted by Crippen LogP contribution is 2.22. The molecular formula is C28H30ClF2N5O3. The lowest BCUT2D eigenvalue weighted by atomic mass is 10.1. The fourth-order valence-corrected chi connectivity index (χ4v) is 4.20. The topological polar surface area (TPSA) is 89.4 Å². The van der Waals surface area contributed by atoms with Crippen molar-refractivity contribution in [3.63, 3.8) is 0 Å². The maximum atomic E-state index is 13.7. The normalized spacial score (nSPS) is 11.5. The van der Waals surface area contributed by atoms with Gasteiger partial charge in [-0.25, -0.2) is 23.5 Å². The van der Waals surface area contributed by atoms with Gasteiger partial charge in [-0.15, -0.1) is 0 Å². The molecule has 39 heavy (non-hydrogen) atoms. The van der Waals surface area contributed by atoms with Gasteiger partial charge in [0.1, 0.15) is 24.1 Å². The standard InChI is InChI=1S/C27H26ClF2N5O3.CH4/c1-34-14-21(32-16-34)12-22(35(2)25(36)9-7-17-4-3-5-23(30)26(17)28)15-38-27(37)33-24-11-19-10-20(29)8-6-18(19)13-31-24;/h3-6,8,10-11,13-14,16,22H,7,9,12,15H2,1-2H3,(H,31,33,37);1H4/t22-;/m0./s1. The number of halogens is 3. The molecular weight excluding hydrogens is 528 g/mol. The van der Waals surface area contributed by atoms with E-state index in [1.165, 1.54) is 35.4 Å². The number of benzene rings is 2. The van der Waals surface area contributed by atoms with Crippen molar-refractivity contribution in [3.8, 4) is 0 Å². The van der Waals surface area contributed by atoms with E-state index in [1.807, 2.05) is 13.2 Å². The molecule has 2 aromatic carbocycles. The van der Waals surface area contributed by atoms with Crippen LogP contribution in [-0.2, 0) is 29.4 Å². The lowest BCUT2D eigenvalue weighted by molar-refractivity contribution is -0.132. The number of ether oxygens (including phenoxy) is 1. The van der Waals surface area contributed by atoms with Crippen LogP contribution in [-0.4, -0.2) is 51.1 Å². The summed E-state index contributed by atoms with van der Waals surface area (Å²) in [7, 11) is 3.44. The number of aromatic nitrogens is 3. The third kappa shape index (κ3) is 7.73. The van der Waals surface area contributed by atoms with E-state index in [1.54, 1.807) is 36.1 Å². The Hall–Kier alpha value is -4.05. The second-order valence-corrected chi connectivity index (χ2v) is 9.27. The second kappa shape index (κ2) is 13.1. The number of pyridine rings is 1. The molecule has 4 rings (SSSR count). The van der Waals surface area contributed by atoms with Crippen molar-refractivity contribution in [1.82, 2.24) is 19.4 Å². The van der Waals surface area contributed by atoms with Gasteiger partial charge in [0.15, 0.2) is 0 Å². The van der Waals surface area contributed by atoms with E-state index < -0.39 is 23.8 Å². The third-order valence-corrected chi connectivity index (χ3v) is 6.53. The summed E-state index contributed by atoms with van der Waals surface area (Å²) in [6.07, 6.45) is 4.88. The van der Waals surface area contributed by atoms with Gasteiger partial charge in [0.05, 0.1) is 23.1 Å². The molecule has 4 aromatic rings. The first kappa shape index (κ1) is 29.5. The van der Waals surface area contributed by atoms with Gasteiger partial charge in [-0.3, -0.25) is 10.1 Å². The summed E-state index contributed by atoms with van der Waals surface area (Å²) in [4.78, 5) is 35.5. The second-order valence-electron chi connectivity index (χ2n) is 8.89. The first-order valence-electron chi connectivity index (χ1n) is 11.8. The highest BCUT2D eigenvalue weighted by atomic mass is 35.5. The molecule has 2 aromatic heterocycles. The molecule has 0 saturated heterocycles. The summed E-state index contributed by atoms with van der Waals surface area (Å²) < 4.78 is 34.5. The number of amides is 2. The zero-order valence-electron chi connectivity index (χ0n) is 20.8. The van der Waals surface area contributed by atoms with Crippen molar-refractivity contribution >= 4 is 40.2 Å². The molecule has 0 aliphatic carbocycles. The van der Waals surface area contributed by atoms with Crippen LogP contribution in [0, 0.1) is 11.6 Å². The SMILES string of the molecule is C.CN(C(=O)CCc1cccc(F)c1Cl)[C@H](COC(=O)Nc1cc2cc(F)ccc2cn1)Cc1cn(C)cn1. The summed E-state index contributed by atoms with van der Waals surface area (Å²) in [5.74, 6) is -0.968. The molecule has 11 heteroatoms. The van der Waals surface area contributed by atoms with Crippen molar-refractivity contribution in [2.45, 2.75) is 32.7 Å². The van der Waals surface area contributed by atoms with Crippen LogP contribution in [0.4, 0.5) is 19.4 Å². The van der Waals surface area contributed by atoms with E-state index in [9.17, 15) is 18.4 Å². The molecule has 206 valence electrons. The minimum Gasteiger partial charge on any atom is -0.447 e. The largest absolute Gasteiger partial charge is 0.447 e. The van der Waals surface area contributed by atoms with Crippen molar-refractivity contribution in [2.24, 2.45) is 7.05 Å². The van der Waals surface area contributed by atoms with Gasteiger partial charge in [-0.2, -0.15) is 0 Å². The van der Waals surface area contributed by atoms with Gasteiger partial charge >= 0.3 is 6.09 Å². The Balaban J connectivity index is 0.00000420. The number of hydrogen-bond acceptors (Lipinski definition) is 5. The number of likely N-dealkylation sites (N-methyl/N-ethyl adjacent to an activating group) is 1. The molecule has 1 N–H and O–H groups in total. The zero-order chi connectivity index (χ0) is 27.2. The van der Waals surface area contributed by atoms with E-state index in [4.69, 9.17) is 16.3 Å². The molecule has 1 atom stereocenters. The van der Waals surface area contributed by atoms with Crippen LogP contribution in [0.25, 0.3) is 10.8 Å². The number of carbonyl (C=O) groups is 2. The molecule has 0 unspecified atom stereocenters. The minimum atomic E-state index is -0.772. The summed E-state index contributed by atoms with van der Waals surface area (Å²) in [5.41, 5.74) is 1.25. The average molecular weight is 558 g/mol. The van der Waals surface area contributed by atoms with Crippen LogP contribution < -0.4 is 5.32 Å². The van der Waals surface area contributed by atoms with Gasteiger partial charge in [0, 0.05) is 44.7 Å². The number of anilines is 1. The molecule has 0 aliphatic rings. The monoisotopic (exact) mass is 557 g/mol. The lowest BCUT2D eigenvalue weighted by Crippen LogP contribution is -2.42. The van der Waals surface area contributed by atoms with Gasteiger partial charge in [-0.05, 0) is 47.7 Å².